The molecule has 1 aromatic carbocycles. The van der Waals surface area contributed by atoms with Gasteiger partial charge in [0.25, 0.3) is 0 Å². The number of aryl methyl sites for hydroxylation is 1. The third-order valence-corrected chi connectivity index (χ3v) is 3.87. The Kier molecular flexibility index (Phi) is 4.49. The predicted octanol–water partition coefficient (Wildman–Crippen LogP) is 2.27. The van der Waals surface area contributed by atoms with Crippen LogP contribution in [0.5, 0.6) is 0 Å². The summed E-state index contributed by atoms with van der Waals surface area (Å²) in [7, 11) is 0. The van der Waals surface area contributed by atoms with E-state index in [0.717, 1.165) is 54.3 Å². The zero-order chi connectivity index (χ0) is 14.7. The van der Waals surface area contributed by atoms with E-state index < -0.39 is 6.10 Å². The number of ether oxygens (including phenoxy) is 1. The Morgan fingerprint density at radius 3 is 2.65 bits per heavy atom. The van der Waals surface area contributed by atoms with Crippen LogP contribution >= 0.6 is 0 Å². The van der Waals surface area contributed by atoms with Crippen molar-refractivity contribution in [2.24, 2.45) is 0 Å². The molecule has 1 aromatic rings. The first-order valence-corrected chi connectivity index (χ1v) is 6.82. The highest BCUT2D eigenvalue weighted by Crippen LogP contribution is 2.29. The van der Waals surface area contributed by atoms with Gasteiger partial charge in [0.05, 0.1) is 13.2 Å². The molecule has 1 N–H and O–H groups in total. The van der Waals surface area contributed by atoms with Crippen LogP contribution in [-0.4, -0.2) is 36.3 Å². The van der Waals surface area contributed by atoms with E-state index in [1.807, 2.05) is 19.9 Å². The average molecular weight is 271 g/mol. The molecule has 2 rings (SSSR count). The number of aliphatic hydroxyl groups is 1. The van der Waals surface area contributed by atoms with Gasteiger partial charge in [0, 0.05) is 24.4 Å². The summed E-state index contributed by atoms with van der Waals surface area (Å²) in [5.74, 6) is 2.40. The normalized spacial score (nSPS) is 16.6. The summed E-state index contributed by atoms with van der Waals surface area (Å²) in [6.07, 6.45) is 4.49. The number of rotatable bonds is 3. The number of aliphatic hydroxyl groups excluding tert-OH is 1. The standard InChI is InChI=1S/C17H21NO2/c1-5-16(19)17-12(2)6-7-15(13(17)3)14(4)18-8-10-20-11-9-18/h1,6-7,16,19H,4,8-11H2,2-3H3. The van der Waals surface area contributed by atoms with Crippen LogP contribution in [0.1, 0.15) is 28.4 Å². The van der Waals surface area contributed by atoms with Gasteiger partial charge in [-0.05, 0) is 30.5 Å². The molecule has 3 nitrogen and oxygen atoms in total. The van der Waals surface area contributed by atoms with Crippen LogP contribution in [0.2, 0.25) is 0 Å². The summed E-state index contributed by atoms with van der Waals surface area (Å²) < 4.78 is 5.37. The highest BCUT2D eigenvalue weighted by Gasteiger charge is 2.19. The maximum atomic E-state index is 10.0. The minimum absolute atomic E-state index is 0.726. The Labute approximate surface area is 120 Å². The molecule has 0 radical (unpaired) electrons. The molecule has 3 heteroatoms. The average Bonchev–Trinajstić information content (AvgIpc) is 2.47. The molecule has 1 fully saturated rings. The molecule has 1 saturated heterocycles. The van der Waals surface area contributed by atoms with Crippen molar-refractivity contribution in [3.63, 3.8) is 0 Å². The Bertz CT molecular complexity index is 551. The molecule has 1 aliphatic heterocycles. The molecule has 106 valence electrons. The molecule has 0 aromatic heterocycles. The number of hydrogen-bond acceptors (Lipinski definition) is 3. The minimum Gasteiger partial charge on any atom is -0.378 e. The molecular formula is C17H21NO2. The molecule has 1 unspecified atom stereocenters. The van der Waals surface area contributed by atoms with E-state index >= 15 is 0 Å². The molecular weight excluding hydrogens is 250 g/mol. The van der Waals surface area contributed by atoms with E-state index in [2.05, 4.69) is 23.5 Å². The molecule has 0 spiro atoms. The van der Waals surface area contributed by atoms with Crippen LogP contribution in [0.25, 0.3) is 5.70 Å². The van der Waals surface area contributed by atoms with Crippen LogP contribution < -0.4 is 0 Å². The molecule has 20 heavy (non-hydrogen) atoms. The van der Waals surface area contributed by atoms with E-state index in [4.69, 9.17) is 11.2 Å². The van der Waals surface area contributed by atoms with Crippen LogP contribution in [0, 0.1) is 26.2 Å². The SMILES string of the molecule is C#CC(O)c1c(C)ccc(C(=C)N2CCOCC2)c1C. The lowest BCUT2D eigenvalue weighted by atomic mass is 9.92. The van der Waals surface area contributed by atoms with Gasteiger partial charge in [0.15, 0.2) is 0 Å². The summed E-state index contributed by atoms with van der Waals surface area (Å²) in [6, 6.07) is 4.04. The Balaban J connectivity index is 2.37. The van der Waals surface area contributed by atoms with Crippen molar-refractivity contribution in [3.05, 3.63) is 41.0 Å². The van der Waals surface area contributed by atoms with Gasteiger partial charge in [-0.3, -0.25) is 0 Å². The summed E-state index contributed by atoms with van der Waals surface area (Å²) in [6.45, 7) is 11.3. The fraction of sp³-hybridized carbons (Fsp3) is 0.412. The number of morpholine rings is 1. The van der Waals surface area contributed by atoms with Crippen LogP contribution in [0.3, 0.4) is 0 Å². The summed E-state index contributed by atoms with van der Waals surface area (Å²) in [4.78, 5) is 2.22. The minimum atomic E-state index is -0.868. The summed E-state index contributed by atoms with van der Waals surface area (Å²) in [5.41, 5.74) is 4.84. The topological polar surface area (TPSA) is 32.7 Å². The summed E-state index contributed by atoms with van der Waals surface area (Å²) in [5, 5.41) is 10.0. The monoisotopic (exact) mass is 271 g/mol. The molecule has 0 amide bonds. The van der Waals surface area contributed by atoms with Gasteiger partial charge in [-0.1, -0.05) is 24.6 Å². The van der Waals surface area contributed by atoms with Gasteiger partial charge in [0.2, 0.25) is 0 Å². The fourth-order valence-corrected chi connectivity index (χ4v) is 2.68. The third-order valence-electron chi connectivity index (χ3n) is 3.87. The maximum Gasteiger partial charge on any atom is 0.140 e. The maximum absolute atomic E-state index is 10.0. The van der Waals surface area contributed by atoms with Crippen molar-refractivity contribution >= 4 is 5.70 Å². The van der Waals surface area contributed by atoms with Gasteiger partial charge in [0.1, 0.15) is 6.10 Å². The van der Waals surface area contributed by atoms with Gasteiger partial charge in [-0.2, -0.15) is 0 Å². The molecule has 1 atom stereocenters. The van der Waals surface area contributed by atoms with Crippen molar-refractivity contribution in [2.75, 3.05) is 26.3 Å². The van der Waals surface area contributed by atoms with Gasteiger partial charge in [-0.15, -0.1) is 6.42 Å². The second-order valence-corrected chi connectivity index (χ2v) is 5.08. The van der Waals surface area contributed by atoms with E-state index in [1.54, 1.807) is 0 Å². The lowest BCUT2D eigenvalue weighted by Gasteiger charge is -2.31. The zero-order valence-electron chi connectivity index (χ0n) is 12.1. The van der Waals surface area contributed by atoms with Crippen molar-refractivity contribution in [1.82, 2.24) is 4.90 Å². The van der Waals surface area contributed by atoms with Gasteiger partial charge < -0.3 is 14.7 Å². The Morgan fingerprint density at radius 1 is 1.40 bits per heavy atom. The van der Waals surface area contributed by atoms with Crippen molar-refractivity contribution in [1.29, 1.82) is 0 Å². The number of hydrogen-bond donors (Lipinski definition) is 1. The van der Waals surface area contributed by atoms with E-state index in [1.165, 1.54) is 0 Å². The quantitative estimate of drug-likeness (QED) is 0.856. The first kappa shape index (κ1) is 14.6. The van der Waals surface area contributed by atoms with Crippen molar-refractivity contribution < 1.29 is 9.84 Å². The Morgan fingerprint density at radius 2 is 2.05 bits per heavy atom. The molecule has 0 saturated carbocycles. The van der Waals surface area contributed by atoms with Gasteiger partial charge >= 0.3 is 0 Å². The van der Waals surface area contributed by atoms with Gasteiger partial charge in [-0.25, -0.2) is 0 Å². The molecule has 1 heterocycles. The lowest BCUT2D eigenvalue weighted by molar-refractivity contribution is 0.0640. The highest BCUT2D eigenvalue weighted by atomic mass is 16.5. The van der Waals surface area contributed by atoms with E-state index in [-0.39, 0.29) is 0 Å². The largest absolute Gasteiger partial charge is 0.378 e. The van der Waals surface area contributed by atoms with Crippen molar-refractivity contribution in [3.8, 4) is 12.3 Å². The molecule has 0 aliphatic carbocycles. The van der Waals surface area contributed by atoms with Crippen LogP contribution in [0.15, 0.2) is 18.7 Å². The number of terminal acetylenes is 1. The summed E-state index contributed by atoms with van der Waals surface area (Å²) >= 11 is 0. The number of benzene rings is 1. The second kappa shape index (κ2) is 6.13. The van der Waals surface area contributed by atoms with Crippen LogP contribution in [-0.2, 0) is 4.74 Å². The van der Waals surface area contributed by atoms with E-state index in [9.17, 15) is 5.11 Å². The molecule has 1 aliphatic rings. The second-order valence-electron chi connectivity index (χ2n) is 5.08. The lowest BCUT2D eigenvalue weighted by Crippen LogP contribution is -2.34. The first-order chi connectivity index (χ1) is 9.56. The van der Waals surface area contributed by atoms with Crippen LogP contribution in [0.4, 0.5) is 0 Å². The smallest absolute Gasteiger partial charge is 0.140 e. The zero-order valence-corrected chi connectivity index (χ0v) is 12.1. The molecule has 0 bridgehead atoms. The third kappa shape index (κ3) is 2.72. The van der Waals surface area contributed by atoms with Crippen molar-refractivity contribution in [2.45, 2.75) is 20.0 Å². The predicted molar refractivity (Wildman–Crippen MR) is 81.1 cm³/mol. The fourth-order valence-electron chi connectivity index (χ4n) is 2.68. The first-order valence-electron chi connectivity index (χ1n) is 6.82. The number of nitrogens with zero attached hydrogens (tertiary/aromatic N) is 1. The Hall–Kier alpha value is -1.76. The van der Waals surface area contributed by atoms with E-state index in [0.29, 0.717) is 0 Å². The highest BCUT2D eigenvalue weighted by molar-refractivity contribution is 5.67.